The summed E-state index contributed by atoms with van der Waals surface area (Å²) in [6.45, 7) is 8.17. The molecule has 1 amide bonds. The molecule has 0 aliphatic carbocycles. The first-order valence-electron chi connectivity index (χ1n) is 8.15. The molecule has 128 valence electrons. The smallest absolute Gasteiger partial charge is 0.340 e. The van der Waals surface area contributed by atoms with Gasteiger partial charge in [0.05, 0.1) is 12.2 Å². The SMILES string of the molecule is CCOC(=O)c1c(C)[nH]c(C(=O)NCC(C)c2ccccc2)c1C. The lowest BCUT2D eigenvalue weighted by molar-refractivity contribution is 0.0525. The van der Waals surface area contributed by atoms with E-state index in [2.05, 4.69) is 17.2 Å². The molecule has 0 fully saturated rings. The normalized spacial score (nSPS) is 11.8. The Hall–Kier alpha value is -2.56. The van der Waals surface area contributed by atoms with Crippen LogP contribution in [0.2, 0.25) is 0 Å². The number of carbonyl (C=O) groups excluding carboxylic acids is 2. The van der Waals surface area contributed by atoms with Crippen LogP contribution in [0.5, 0.6) is 0 Å². The first kappa shape index (κ1) is 17.8. The van der Waals surface area contributed by atoms with Crippen molar-refractivity contribution in [3.8, 4) is 0 Å². The number of rotatable bonds is 6. The van der Waals surface area contributed by atoms with Gasteiger partial charge in [-0.2, -0.15) is 0 Å². The number of benzene rings is 1. The largest absolute Gasteiger partial charge is 0.462 e. The zero-order valence-electron chi connectivity index (χ0n) is 14.6. The average molecular weight is 328 g/mol. The number of hydrogen-bond donors (Lipinski definition) is 2. The van der Waals surface area contributed by atoms with Gasteiger partial charge in [0.2, 0.25) is 0 Å². The fourth-order valence-corrected chi connectivity index (χ4v) is 2.72. The van der Waals surface area contributed by atoms with Crippen LogP contribution in [0, 0.1) is 13.8 Å². The van der Waals surface area contributed by atoms with Crippen molar-refractivity contribution >= 4 is 11.9 Å². The van der Waals surface area contributed by atoms with Crippen molar-refractivity contribution in [2.45, 2.75) is 33.6 Å². The summed E-state index contributed by atoms with van der Waals surface area (Å²) in [5.41, 5.74) is 3.29. The van der Waals surface area contributed by atoms with Gasteiger partial charge in [-0.25, -0.2) is 4.79 Å². The van der Waals surface area contributed by atoms with E-state index in [4.69, 9.17) is 4.74 Å². The summed E-state index contributed by atoms with van der Waals surface area (Å²) < 4.78 is 5.05. The molecule has 0 aliphatic rings. The fourth-order valence-electron chi connectivity index (χ4n) is 2.72. The highest BCUT2D eigenvalue weighted by Gasteiger charge is 2.22. The molecule has 1 aromatic heterocycles. The van der Waals surface area contributed by atoms with Crippen LogP contribution in [-0.4, -0.2) is 30.0 Å². The minimum absolute atomic E-state index is 0.205. The van der Waals surface area contributed by atoms with Crippen LogP contribution < -0.4 is 5.32 Å². The standard InChI is InChI=1S/C19H24N2O3/c1-5-24-19(23)16-13(3)17(21-14(16)4)18(22)20-11-12(2)15-9-7-6-8-10-15/h6-10,12,21H,5,11H2,1-4H3,(H,20,22). The second-order valence-electron chi connectivity index (χ2n) is 5.87. The molecule has 1 heterocycles. The third-order valence-corrected chi connectivity index (χ3v) is 4.08. The Morgan fingerprint density at radius 3 is 2.50 bits per heavy atom. The van der Waals surface area contributed by atoms with E-state index in [1.165, 1.54) is 5.56 Å². The molecule has 5 heteroatoms. The van der Waals surface area contributed by atoms with Crippen molar-refractivity contribution in [2.75, 3.05) is 13.2 Å². The zero-order chi connectivity index (χ0) is 17.7. The van der Waals surface area contributed by atoms with Crippen molar-refractivity contribution in [1.82, 2.24) is 10.3 Å². The van der Waals surface area contributed by atoms with Gasteiger partial charge in [0.25, 0.3) is 5.91 Å². The van der Waals surface area contributed by atoms with Gasteiger partial charge in [0, 0.05) is 12.2 Å². The lowest BCUT2D eigenvalue weighted by Crippen LogP contribution is -2.28. The summed E-state index contributed by atoms with van der Waals surface area (Å²) in [6, 6.07) is 10.0. The predicted molar refractivity (Wildman–Crippen MR) is 93.4 cm³/mol. The highest BCUT2D eigenvalue weighted by molar-refractivity contribution is 6.00. The van der Waals surface area contributed by atoms with Crippen LogP contribution >= 0.6 is 0 Å². The topological polar surface area (TPSA) is 71.2 Å². The van der Waals surface area contributed by atoms with Gasteiger partial charge in [-0.1, -0.05) is 37.3 Å². The predicted octanol–water partition coefficient (Wildman–Crippen LogP) is 3.34. The molecule has 0 aliphatic heterocycles. The molecule has 1 unspecified atom stereocenters. The molecule has 1 aromatic carbocycles. The summed E-state index contributed by atoms with van der Waals surface area (Å²) in [4.78, 5) is 27.5. The first-order valence-corrected chi connectivity index (χ1v) is 8.15. The van der Waals surface area contributed by atoms with E-state index < -0.39 is 5.97 Å². The maximum Gasteiger partial charge on any atom is 0.340 e. The number of hydrogen-bond acceptors (Lipinski definition) is 3. The Bertz CT molecular complexity index is 720. The molecule has 0 spiro atoms. The van der Waals surface area contributed by atoms with E-state index in [1.807, 2.05) is 30.3 Å². The lowest BCUT2D eigenvalue weighted by Gasteiger charge is -2.13. The van der Waals surface area contributed by atoms with Gasteiger partial charge in [-0.15, -0.1) is 0 Å². The van der Waals surface area contributed by atoms with Gasteiger partial charge in [0.15, 0.2) is 0 Å². The molecule has 0 radical (unpaired) electrons. The number of esters is 1. The molecule has 5 nitrogen and oxygen atoms in total. The first-order chi connectivity index (χ1) is 11.5. The highest BCUT2D eigenvalue weighted by atomic mass is 16.5. The van der Waals surface area contributed by atoms with Gasteiger partial charge < -0.3 is 15.0 Å². The van der Waals surface area contributed by atoms with Crippen molar-refractivity contribution in [2.24, 2.45) is 0 Å². The minimum Gasteiger partial charge on any atom is -0.462 e. The van der Waals surface area contributed by atoms with E-state index in [0.717, 1.165) is 0 Å². The summed E-state index contributed by atoms with van der Waals surface area (Å²) in [5, 5.41) is 2.93. The second-order valence-corrected chi connectivity index (χ2v) is 5.87. The summed E-state index contributed by atoms with van der Waals surface area (Å²) >= 11 is 0. The van der Waals surface area contributed by atoms with Gasteiger partial charge >= 0.3 is 5.97 Å². The number of amides is 1. The number of H-pyrrole nitrogens is 1. The van der Waals surface area contributed by atoms with Crippen LogP contribution in [-0.2, 0) is 4.74 Å². The van der Waals surface area contributed by atoms with Crippen LogP contribution in [0.3, 0.4) is 0 Å². The number of aromatic amines is 1. The minimum atomic E-state index is -0.402. The molecular weight excluding hydrogens is 304 g/mol. The second kappa shape index (κ2) is 7.81. The van der Waals surface area contributed by atoms with Crippen molar-refractivity contribution in [1.29, 1.82) is 0 Å². The Balaban J connectivity index is 2.08. The molecule has 0 bridgehead atoms. The summed E-state index contributed by atoms with van der Waals surface area (Å²) in [5.74, 6) is -0.412. The number of nitrogens with one attached hydrogen (secondary N) is 2. The number of aromatic nitrogens is 1. The van der Waals surface area contributed by atoms with Crippen LogP contribution in [0.25, 0.3) is 0 Å². The third-order valence-electron chi connectivity index (χ3n) is 4.08. The van der Waals surface area contributed by atoms with Crippen LogP contribution in [0.15, 0.2) is 30.3 Å². The molecule has 2 N–H and O–H groups in total. The van der Waals surface area contributed by atoms with Crippen molar-refractivity contribution in [3.63, 3.8) is 0 Å². The zero-order valence-corrected chi connectivity index (χ0v) is 14.6. The number of ether oxygens (including phenoxy) is 1. The molecule has 0 saturated heterocycles. The van der Waals surface area contributed by atoms with Crippen LogP contribution in [0.1, 0.15) is 57.4 Å². The van der Waals surface area contributed by atoms with Crippen LogP contribution in [0.4, 0.5) is 0 Å². The average Bonchev–Trinajstić information content (AvgIpc) is 2.88. The Morgan fingerprint density at radius 1 is 1.21 bits per heavy atom. The van der Waals surface area contributed by atoms with E-state index in [-0.39, 0.29) is 11.8 Å². The van der Waals surface area contributed by atoms with Crippen molar-refractivity contribution in [3.05, 3.63) is 58.4 Å². The molecule has 2 aromatic rings. The molecule has 0 saturated carbocycles. The third kappa shape index (κ3) is 3.85. The maximum atomic E-state index is 12.5. The molecular formula is C19H24N2O3. The number of aryl methyl sites for hydroxylation is 1. The molecule has 1 atom stereocenters. The van der Waals surface area contributed by atoms with Crippen molar-refractivity contribution < 1.29 is 14.3 Å². The maximum absolute atomic E-state index is 12.5. The fraction of sp³-hybridized carbons (Fsp3) is 0.368. The number of carbonyl (C=O) groups is 2. The summed E-state index contributed by atoms with van der Waals surface area (Å²) in [6.07, 6.45) is 0. The Morgan fingerprint density at radius 2 is 1.88 bits per heavy atom. The van der Waals surface area contributed by atoms with E-state index >= 15 is 0 Å². The monoisotopic (exact) mass is 328 g/mol. The van der Waals surface area contributed by atoms with E-state index in [1.54, 1.807) is 20.8 Å². The molecule has 2 rings (SSSR count). The highest BCUT2D eigenvalue weighted by Crippen LogP contribution is 2.19. The Labute approximate surface area is 142 Å². The van der Waals surface area contributed by atoms with Gasteiger partial charge in [-0.05, 0) is 37.8 Å². The Kier molecular flexibility index (Phi) is 5.79. The lowest BCUT2D eigenvalue weighted by atomic mass is 10.0. The van der Waals surface area contributed by atoms with Gasteiger partial charge in [0.1, 0.15) is 5.69 Å². The molecule has 24 heavy (non-hydrogen) atoms. The van der Waals surface area contributed by atoms with E-state index in [0.29, 0.717) is 35.7 Å². The quantitative estimate of drug-likeness (QED) is 0.799. The summed E-state index contributed by atoms with van der Waals surface area (Å²) in [7, 11) is 0. The van der Waals surface area contributed by atoms with E-state index in [9.17, 15) is 9.59 Å². The van der Waals surface area contributed by atoms with Gasteiger partial charge in [-0.3, -0.25) is 4.79 Å².